The van der Waals surface area contributed by atoms with E-state index in [1.807, 2.05) is 30.7 Å². The van der Waals surface area contributed by atoms with E-state index < -0.39 is 0 Å². The third kappa shape index (κ3) is 4.65. The van der Waals surface area contributed by atoms with Crippen molar-refractivity contribution >= 4 is 5.91 Å². The van der Waals surface area contributed by atoms with Gasteiger partial charge in [-0.05, 0) is 61.6 Å². The Kier molecular flexibility index (Phi) is 5.93. The maximum atomic E-state index is 12.1. The van der Waals surface area contributed by atoms with Gasteiger partial charge in [-0.3, -0.25) is 9.78 Å². The third-order valence-electron chi connectivity index (χ3n) is 6.59. The number of hydrogen-bond donors (Lipinski definition) is 1. The van der Waals surface area contributed by atoms with Crippen LogP contribution >= 0.6 is 0 Å². The number of amides is 1. The number of rotatable bonds is 6. The van der Waals surface area contributed by atoms with Crippen LogP contribution in [-0.4, -0.2) is 27.4 Å². The molecule has 2 aliphatic rings. The van der Waals surface area contributed by atoms with Crippen molar-refractivity contribution in [2.24, 2.45) is 17.8 Å². The predicted molar refractivity (Wildman–Crippen MR) is 114 cm³/mol. The lowest BCUT2D eigenvalue weighted by atomic mass is 9.79. The number of aromatic nitrogens is 3. The number of nitrogens with one attached hydrogen (secondary N) is 1. The molecule has 5 nitrogen and oxygen atoms in total. The summed E-state index contributed by atoms with van der Waals surface area (Å²) in [5, 5.41) is 3.19. The second-order valence-corrected chi connectivity index (χ2v) is 9.20. The third-order valence-corrected chi connectivity index (χ3v) is 6.59. The van der Waals surface area contributed by atoms with Gasteiger partial charge in [-0.2, -0.15) is 0 Å². The average molecular weight is 393 g/mol. The Bertz CT molecular complexity index is 843. The topological polar surface area (TPSA) is 67.8 Å². The smallest absolute Gasteiger partial charge is 0.223 e. The van der Waals surface area contributed by atoms with Crippen molar-refractivity contribution in [2.45, 2.75) is 64.7 Å². The molecule has 1 amide bonds. The van der Waals surface area contributed by atoms with E-state index in [1.165, 1.54) is 5.69 Å². The van der Waals surface area contributed by atoms with E-state index in [0.29, 0.717) is 23.7 Å². The van der Waals surface area contributed by atoms with E-state index in [1.54, 1.807) is 0 Å². The molecule has 0 aromatic carbocycles. The minimum absolute atomic E-state index is 0.261. The molecule has 0 spiro atoms. The Labute approximate surface area is 173 Å². The van der Waals surface area contributed by atoms with Crippen LogP contribution in [0.2, 0.25) is 0 Å². The van der Waals surface area contributed by atoms with Crippen LogP contribution in [0.1, 0.15) is 76.2 Å². The van der Waals surface area contributed by atoms with Gasteiger partial charge in [-0.1, -0.05) is 20.8 Å². The lowest BCUT2D eigenvalue weighted by molar-refractivity contribution is -0.122. The normalized spacial score (nSPS) is 26.3. The van der Waals surface area contributed by atoms with Crippen molar-refractivity contribution < 1.29 is 4.79 Å². The van der Waals surface area contributed by atoms with Gasteiger partial charge in [-0.25, -0.2) is 9.97 Å². The Balaban J connectivity index is 1.44. The minimum Gasteiger partial charge on any atom is -0.356 e. The van der Waals surface area contributed by atoms with Gasteiger partial charge in [0.25, 0.3) is 0 Å². The fourth-order valence-corrected chi connectivity index (χ4v) is 4.46. The second-order valence-electron chi connectivity index (χ2n) is 9.20. The van der Waals surface area contributed by atoms with Gasteiger partial charge >= 0.3 is 0 Å². The summed E-state index contributed by atoms with van der Waals surface area (Å²) in [5.41, 5.74) is 3.46. The summed E-state index contributed by atoms with van der Waals surface area (Å²) < 4.78 is 0. The summed E-state index contributed by atoms with van der Waals surface area (Å²) in [7, 11) is 0. The van der Waals surface area contributed by atoms with Crippen LogP contribution in [0.15, 0.2) is 30.7 Å². The first-order valence-electron chi connectivity index (χ1n) is 11.1. The van der Waals surface area contributed by atoms with Crippen molar-refractivity contribution in [3.05, 3.63) is 42.2 Å². The zero-order valence-corrected chi connectivity index (χ0v) is 17.8. The Morgan fingerprint density at radius 2 is 1.86 bits per heavy atom. The molecule has 1 N–H and O–H groups in total. The highest BCUT2D eigenvalue weighted by Gasteiger charge is 2.39. The number of carbonyl (C=O) groups excluding carboxylic acids is 1. The van der Waals surface area contributed by atoms with Gasteiger partial charge in [0.05, 0.1) is 5.69 Å². The fourth-order valence-electron chi connectivity index (χ4n) is 4.46. The molecule has 0 unspecified atom stereocenters. The van der Waals surface area contributed by atoms with Crippen LogP contribution in [0.25, 0.3) is 11.1 Å². The van der Waals surface area contributed by atoms with Gasteiger partial charge in [0.1, 0.15) is 5.82 Å². The van der Waals surface area contributed by atoms with Crippen LogP contribution in [0.4, 0.5) is 0 Å². The van der Waals surface area contributed by atoms with E-state index in [9.17, 15) is 4.79 Å². The van der Waals surface area contributed by atoms with E-state index in [0.717, 1.165) is 55.6 Å². The molecule has 0 saturated heterocycles. The van der Waals surface area contributed by atoms with Crippen molar-refractivity contribution in [1.29, 1.82) is 0 Å². The van der Waals surface area contributed by atoms with Gasteiger partial charge in [0.15, 0.2) is 0 Å². The predicted octanol–water partition coefficient (Wildman–Crippen LogP) is 4.71. The quantitative estimate of drug-likeness (QED) is 0.773. The molecule has 29 heavy (non-hydrogen) atoms. The molecule has 0 radical (unpaired) electrons. The molecule has 0 bridgehead atoms. The first-order chi connectivity index (χ1) is 14.0. The van der Waals surface area contributed by atoms with Crippen LogP contribution in [0.3, 0.4) is 0 Å². The molecule has 2 aliphatic carbocycles. The molecule has 2 heterocycles. The van der Waals surface area contributed by atoms with E-state index in [-0.39, 0.29) is 11.8 Å². The molecule has 4 rings (SSSR count). The van der Waals surface area contributed by atoms with Crippen LogP contribution in [0, 0.1) is 17.8 Å². The molecular weight excluding hydrogens is 360 g/mol. The van der Waals surface area contributed by atoms with Gasteiger partial charge < -0.3 is 5.32 Å². The maximum absolute atomic E-state index is 12.1. The van der Waals surface area contributed by atoms with Crippen molar-refractivity contribution in [1.82, 2.24) is 20.3 Å². The highest BCUT2D eigenvalue weighted by Crippen LogP contribution is 2.40. The summed E-state index contributed by atoms with van der Waals surface area (Å²) in [6, 6.07) is 4.08. The van der Waals surface area contributed by atoms with E-state index in [2.05, 4.69) is 36.1 Å². The molecule has 2 saturated carbocycles. The zero-order chi connectivity index (χ0) is 20.4. The minimum atomic E-state index is 0.261. The summed E-state index contributed by atoms with van der Waals surface area (Å²) in [5.74, 6) is 3.38. The van der Waals surface area contributed by atoms with Gasteiger partial charge in [0.2, 0.25) is 5.91 Å². The van der Waals surface area contributed by atoms with Gasteiger partial charge in [0, 0.05) is 48.5 Å². The highest BCUT2D eigenvalue weighted by molar-refractivity contribution is 5.81. The van der Waals surface area contributed by atoms with E-state index in [4.69, 9.17) is 4.98 Å². The molecule has 2 atom stereocenters. The molecule has 154 valence electrons. The molecular formula is C24H32N4O. The summed E-state index contributed by atoms with van der Waals surface area (Å²) in [6.07, 6.45) is 11.2. The Hall–Kier alpha value is -2.30. The molecule has 2 aromatic rings. The Morgan fingerprint density at radius 3 is 2.48 bits per heavy atom. The van der Waals surface area contributed by atoms with Crippen LogP contribution < -0.4 is 5.32 Å². The molecule has 0 aliphatic heterocycles. The van der Waals surface area contributed by atoms with Crippen LogP contribution in [0.5, 0.6) is 0 Å². The number of pyridine rings is 1. The second kappa shape index (κ2) is 8.60. The van der Waals surface area contributed by atoms with Crippen LogP contribution in [-0.2, 0) is 4.79 Å². The number of nitrogens with zero attached hydrogens (tertiary/aromatic N) is 3. The van der Waals surface area contributed by atoms with E-state index >= 15 is 0 Å². The average Bonchev–Trinajstić information content (AvgIpc) is 3.49. The summed E-state index contributed by atoms with van der Waals surface area (Å²) in [4.78, 5) is 25.9. The maximum Gasteiger partial charge on any atom is 0.223 e. The number of carbonyl (C=O) groups is 1. The van der Waals surface area contributed by atoms with Gasteiger partial charge in [-0.15, -0.1) is 0 Å². The first kappa shape index (κ1) is 20.0. The first-order valence-corrected chi connectivity index (χ1v) is 11.1. The summed E-state index contributed by atoms with van der Waals surface area (Å²) in [6.45, 7) is 7.27. The lowest BCUT2D eigenvalue weighted by Crippen LogP contribution is -2.32. The summed E-state index contributed by atoms with van der Waals surface area (Å²) >= 11 is 0. The molecule has 2 fully saturated rings. The SMILES string of the molecule is CC(C)c1ncc(-c2ccncc2)c(C2CCC(CNC(=O)[C@H]3C[C@H]3C)CC2)n1. The standard InChI is InChI=1S/C24H32N4O/c1-15(2)23-26-14-21(18-8-10-25-11-9-18)22(28-23)19-6-4-17(5-7-19)13-27-24(29)20-12-16(20)3/h8-11,14-17,19-20H,4-7,12-13H2,1-3H3,(H,27,29)/t16-,17?,19?,20+/m1/s1. The van der Waals surface area contributed by atoms with Crippen molar-refractivity contribution in [3.63, 3.8) is 0 Å². The largest absolute Gasteiger partial charge is 0.356 e. The molecule has 2 aromatic heterocycles. The van der Waals surface area contributed by atoms with Crippen molar-refractivity contribution in [2.75, 3.05) is 6.54 Å². The van der Waals surface area contributed by atoms with Crippen molar-refractivity contribution in [3.8, 4) is 11.1 Å². The zero-order valence-electron chi connectivity index (χ0n) is 17.8. The highest BCUT2D eigenvalue weighted by atomic mass is 16.2. The molecule has 5 heteroatoms. The number of hydrogen-bond acceptors (Lipinski definition) is 4. The Morgan fingerprint density at radius 1 is 1.17 bits per heavy atom. The monoisotopic (exact) mass is 392 g/mol. The lowest BCUT2D eigenvalue weighted by Gasteiger charge is -2.29. The fraction of sp³-hybridized carbons (Fsp3) is 0.583.